The fourth-order valence-corrected chi connectivity index (χ4v) is 5.03. The highest BCUT2D eigenvalue weighted by Gasteiger charge is 2.25. The SMILES string of the molecule is C[C@@H]1CCc2c(sc3ncn([C@H](C)C(=O)N/N=C\c4ccc(Cl)cc4)c(=O)c23)C1. The number of rotatable bonds is 4. The van der Waals surface area contributed by atoms with Crippen LogP contribution in [0, 0.1) is 5.92 Å². The number of amides is 1. The van der Waals surface area contributed by atoms with E-state index < -0.39 is 6.04 Å². The molecule has 3 aromatic rings. The maximum absolute atomic E-state index is 13.1. The molecule has 0 radical (unpaired) electrons. The Bertz CT molecular complexity index is 1150. The van der Waals surface area contributed by atoms with Gasteiger partial charge in [-0.2, -0.15) is 5.10 Å². The number of halogens is 1. The van der Waals surface area contributed by atoms with Crippen LogP contribution in [0.25, 0.3) is 10.2 Å². The molecule has 2 atom stereocenters. The Labute approximate surface area is 177 Å². The number of thiophene rings is 1. The van der Waals surface area contributed by atoms with Gasteiger partial charge in [-0.15, -0.1) is 11.3 Å². The van der Waals surface area contributed by atoms with Crippen molar-refractivity contribution < 1.29 is 4.79 Å². The minimum atomic E-state index is -0.722. The molecule has 8 heteroatoms. The molecule has 1 N–H and O–H groups in total. The topological polar surface area (TPSA) is 76.3 Å². The van der Waals surface area contributed by atoms with Crippen LogP contribution in [-0.2, 0) is 17.6 Å². The van der Waals surface area contributed by atoms with Crippen LogP contribution in [0.15, 0.2) is 40.5 Å². The van der Waals surface area contributed by atoms with E-state index in [-0.39, 0.29) is 11.5 Å². The van der Waals surface area contributed by atoms with Crippen LogP contribution in [-0.4, -0.2) is 21.7 Å². The van der Waals surface area contributed by atoms with Crippen LogP contribution in [0.1, 0.15) is 42.3 Å². The van der Waals surface area contributed by atoms with Gasteiger partial charge < -0.3 is 0 Å². The highest BCUT2D eigenvalue weighted by molar-refractivity contribution is 7.18. The van der Waals surface area contributed by atoms with E-state index in [2.05, 4.69) is 22.4 Å². The van der Waals surface area contributed by atoms with Crippen molar-refractivity contribution in [2.24, 2.45) is 11.0 Å². The van der Waals surface area contributed by atoms with Crippen molar-refractivity contribution in [3.05, 3.63) is 62.0 Å². The third-order valence-electron chi connectivity index (χ3n) is 5.30. The minimum absolute atomic E-state index is 0.161. The van der Waals surface area contributed by atoms with E-state index in [4.69, 9.17) is 11.6 Å². The molecular weight excluding hydrogens is 408 g/mol. The van der Waals surface area contributed by atoms with Crippen molar-refractivity contribution in [2.75, 3.05) is 0 Å². The summed E-state index contributed by atoms with van der Waals surface area (Å²) in [5.74, 6) is 0.247. The monoisotopic (exact) mass is 428 g/mol. The van der Waals surface area contributed by atoms with Gasteiger partial charge in [0.05, 0.1) is 17.9 Å². The molecule has 1 amide bonds. The van der Waals surface area contributed by atoms with Crippen molar-refractivity contribution in [2.45, 2.75) is 39.2 Å². The summed E-state index contributed by atoms with van der Waals surface area (Å²) in [7, 11) is 0. The number of hydrogen-bond donors (Lipinski definition) is 1. The van der Waals surface area contributed by atoms with Crippen LogP contribution in [0.4, 0.5) is 0 Å². The molecule has 2 aromatic heterocycles. The number of carbonyl (C=O) groups is 1. The molecule has 1 aliphatic carbocycles. The first-order chi connectivity index (χ1) is 13.9. The van der Waals surface area contributed by atoms with Crippen LogP contribution in [0.3, 0.4) is 0 Å². The molecule has 0 saturated heterocycles. The van der Waals surface area contributed by atoms with Gasteiger partial charge in [0.2, 0.25) is 0 Å². The molecule has 0 spiro atoms. The molecule has 1 aliphatic rings. The van der Waals surface area contributed by atoms with E-state index >= 15 is 0 Å². The molecular formula is C21H21ClN4O2S. The van der Waals surface area contributed by atoms with Gasteiger partial charge in [0, 0.05) is 9.90 Å². The first kappa shape index (κ1) is 19.8. The van der Waals surface area contributed by atoms with E-state index in [9.17, 15) is 9.59 Å². The zero-order valence-corrected chi connectivity index (χ0v) is 17.8. The van der Waals surface area contributed by atoms with Gasteiger partial charge in [-0.25, -0.2) is 10.4 Å². The summed E-state index contributed by atoms with van der Waals surface area (Å²) >= 11 is 7.45. The number of hydrazone groups is 1. The summed E-state index contributed by atoms with van der Waals surface area (Å²) in [4.78, 5) is 32.1. The van der Waals surface area contributed by atoms with Crippen molar-refractivity contribution in [3.63, 3.8) is 0 Å². The lowest BCUT2D eigenvalue weighted by Gasteiger charge is -2.18. The Morgan fingerprint density at radius 3 is 2.93 bits per heavy atom. The number of carbonyl (C=O) groups excluding carboxylic acids is 1. The summed E-state index contributed by atoms with van der Waals surface area (Å²) in [5, 5.41) is 5.28. The lowest BCUT2D eigenvalue weighted by Crippen LogP contribution is -2.34. The second-order valence-corrected chi connectivity index (χ2v) is 8.97. The quantitative estimate of drug-likeness (QED) is 0.505. The van der Waals surface area contributed by atoms with Crippen molar-refractivity contribution in [1.82, 2.24) is 15.0 Å². The van der Waals surface area contributed by atoms with Crippen LogP contribution in [0.5, 0.6) is 0 Å². The number of nitrogens with zero attached hydrogens (tertiary/aromatic N) is 3. The van der Waals surface area contributed by atoms with Crippen LogP contribution >= 0.6 is 22.9 Å². The predicted octanol–water partition coefficient (Wildman–Crippen LogP) is 3.95. The molecule has 4 rings (SSSR count). The maximum Gasteiger partial charge on any atom is 0.263 e. The summed E-state index contributed by atoms with van der Waals surface area (Å²) in [6, 6.07) is 6.36. The van der Waals surface area contributed by atoms with Gasteiger partial charge in [-0.3, -0.25) is 14.2 Å². The molecule has 0 unspecified atom stereocenters. The Hall–Kier alpha value is -2.51. The summed E-state index contributed by atoms with van der Waals surface area (Å²) in [5.41, 5.74) is 4.25. The number of nitrogens with one attached hydrogen (secondary N) is 1. The van der Waals surface area contributed by atoms with E-state index in [0.717, 1.165) is 35.2 Å². The second-order valence-electron chi connectivity index (χ2n) is 7.45. The molecule has 0 fully saturated rings. The fraction of sp³-hybridized carbons (Fsp3) is 0.333. The van der Waals surface area contributed by atoms with Gasteiger partial charge in [-0.05, 0) is 55.4 Å². The molecule has 150 valence electrons. The smallest absolute Gasteiger partial charge is 0.263 e. The number of aromatic nitrogens is 2. The molecule has 1 aromatic carbocycles. The van der Waals surface area contributed by atoms with Gasteiger partial charge in [-0.1, -0.05) is 30.7 Å². The van der Waals surface area contributed by atoms with E-state index in [0.29, 0.717) is 16.3 Å². The molecule has 0 aliphatic heterocycles. The molecule has 6 nitrogen and oxygen atoms in total. The zero-order valence-electron chi connectivity index (χ0n) is 16.2. The Morgan fingerprint density at radius 1 is 1.41 bits per heavy atom. The van der Waals surface area contributed by atoms with Crippen LogP contribution < -0.4 is 11.0 Å². The lowest BCUT2D eigenvalue weighted by atomic mass is 9.89. The first-order valence-corrected chi connectivity index (χ1v) is 10.7. The Balaban J connectivity index is 1.55. The number of benzene rings is 1. The van der Waals surface area contributed by atoms with Gasteiger partial charge >= 0.3 is 0 Å². The zero-order chi connectivity index (χ0) is 20.5. The van der Waals surface area contributed by atoms with E-state index in [1.54, 1.807) is 42.5 Å². The van der Waals surface area contributed by atoms with Crippen molar-refractivity contribution >= 4 is 45.3 Å². The normalized spacial score (nSPS) is 17.4. The second kappa shape index (κ2) is 8.08. The van der Waals surface area contributed by atoms with Crippen LogP contribution in [0.2, 0.25) is 5.02 Å². The number of hydrogen-bond acceptors (Lipinski definition) is 5. The van der Waals surface area contributed by atoms with Crippen molar-refractivity contribution in [1.29, 1.82) is 0 Å². The Morgan fingerprint density at radius 2 is 2.17 bits per heavy atom. The summed E-state index contributed by atoms with van der Waals surface area (Å²) in [6.07, 6.45) is 5.95. The third-order valence-corrected chi connectivity index (χ3v) is 6.71. The maximum atomic E-state index is 13.1. The molecule has 0 bridgehead atoms. The standard InChI is InChI=1S/C21H21ClN4O2S/c1-12-3-8-16-17(9-12)29-20-18(16)21(28)26(11-23-20)13(2)19(27)25-24-10-14-4-6-15(22)7-5-14/h4-7,10-13H,3,8-9H2,1-2H3,(H,25,27)/b24-10-/t12-,13-/m1/s1. The average Bonchev–Trinajstić information content (AvgIpc) is 3.07. The molecule has 2 heterocycles. The van der Waals surface area contributed by atoms with Gasteiger partial charge in [0.25, 0.3) is 11.5 Å². The first-order valence-electron chi connectivity index (χ1n) is 9.54. The highest BCUT2D eigenvalue weighted by Crippen LogP contribution is 2.35. The van der Waals surface area contributed by atoms with Gasteiger partial charge in [0.1, 0.15) is 10.9 Å². The predicted molar refractivity (Wildman–Crippen MR) is 117 cm³/mol. The summed E-state index contributed by atoms with van der Waals surface area (Å²) < 4.78 is 1.39. The highest BCUT2D eigenvalue weighted by atomic mass is 35.5. The minimum Gasteiger partial charge on any atom is -0.286 e. The van der Waals surface area contributed by atoms with Crippen molar-refractivity contribution in [3.8, 4) is 0 Å². The Kier molecular flexibility index (Phi) is 5.52. The fourth-order valence-electron chi connectivity index (χ4n) is 3.56. The molecule has 0 saturated carbocycles. The molecule has 29 heavy (non-hydrogen) atoms. The third kappa shape index (κ3) is 3.97. The number of aryl methyl sites for hydroxylation is 1. The number of fused-ring (bicyclic) bond motifs is 3. The van der Waals surface area contributed by atoms with E-state index in [1.807, 2.05) is 0 Å². The summed E-state index contributed by atoms with van der Waals surface area (Å²) in [6.45, 7) is 3.90. The average molecular weight is 429 g/mol. The van der Waals surface area contributed by atoms with E-state index in [1.165, 1.54) is 22.0 Å². The lowest BCUT2D eigenvalue weighted by molar-refractivity contribution is -0.123. The largest absolute Gasteiger partial charge is 0.286 e. The van der Waals surface area contributed by atoms with Gasteiger partial charge in [0.15, 0.2) is 0 Å².